The summed E-state index contributed by atoms with van der Waals surface area (Å²) in [5.74, 6) is 0.793. The minimum Gasteiger partial charge on any atom is -0.493 e. The molecule has 9 heteroatoms. The molecule has 0 saturated heterocycles. The summed E-state index contributed by atoms with van der Waals surface area (Å²) in [5.41, 5.74) is 1.05. The van der Waals surface area contributed by atoms with Gasteiger partial charge in [-0.1, -0.05) is 12.1 Å². The van der Waals surface area contributed by atoms with Gasteiger partial charge in [0, 0.05) is 25.5 Å². The minimum absolute atomic E-state index is 0.0523. The molecule has 1 aromatic heterocycles. The van der Waals surface area contributed by atoms with Gasteiger partial charge in [0.1, 0.15) is 17.7 Å². The molecular weight excluding hydrogens is 397 g/mol. The lowest BCUT2D eigenvalue weighted by Gasteiger charge is -2.20. The van der Waals surface area contributed by atoms with E-state index < -0.39 is 21.9 Å². The molecule has 29 heavy (non-hydrogen) atoms. The van der Waals surface area contributed by atoms with Gasteiger partial charge in [0.15, 0.2) is 11.5 Å². The molecule has 2 aromatic carbocycles. The predicted molar refractivity (Wildman–Crippen MR) is 106 cm³/mol. The van der Waals surface area contributed by atoms with Crippen LogP contribution < -0.4 is 14.2 Å². The van der Waals surface area contributed by atoms with Crippen molar-refractivity contribution < 1.29 is 22.3 Å². The first kappa shape index (κ1) is 20.8. The van der Waals surface area contributed by atoms with Gasteiger partial charge < -0.3 is 14.0 Å². The first-order chi connectivity index (χ1) is 13.8. The zero-order valence-corrected chi connectivity index (χ0v) is 17.3. The van der Waals surface area contributed by atoms with E-state index in [2.05, 4.69) is 9.71 Å². The standard InChI is InChI=1S/C20H22FN3O4S/c1-13-11-16(27-3)17(28-4)12-18(13)29(25,26)23-19(20-22-9-10-24(20)2)14-5-7-15(21)8-6-14/h5-12,19,23H,1-4H3. The van der Waals surface area contributed by atoms with Crippen LogP contribution in [0.1, 0.15) is 23.0 Å². The Morgan fingerprint density at radius 1 is 1.10 bits per heavy atom. The van der Waals surface area contributed by atoms with Crippen molar-refractivity contribution in [2.75, 3.05) is 14.2 Å². The predicted octanol–water partition coefficient (Wildman–Crippen LogP) is 2.95. The highest BCUT2D eigenvalue weighted by Crippen LogP contribution is 2.33. The molecule has 0 spiro atoms. The molecule has 0 radical (unpaired) electrons. The quantitative estimate of drug-likeness (QED) is 0.637. The van der Waals surface area contributed by atoms with Crippen molar-refractivity contribution in [2.45, 2.75) is 17.9 Å². The van der Waals surface area contributed by atoms with Crippen molar-refractivity contribution >= 4 is 10.0 Å². The maximum Gasteiger partial charge on any atom is 0.241 e. The SMILES string of the molecule is COc1cc(C)c(S(=O)(=O)NC(c2ccc(F)cc2)c2nccn2C)cc1OC. The van der Waals surface area contributed by atoms with E-state index in [1.165, 1.54) is 44.6 Å². The summed E-state index contributed by atoms with van der Waals surface area (Å²) in [6.45, 7) is 1.67. The van der Waals surface area contributed by atoms with Crippen molar-refractivity contribution in [1.82, 2.24) is 14.3 Å². The lowest BCUT2D eigenvalue weighted by Crippen LogP contribution is -2.31. The van der Waals surface area contributed by atoms with Gasteiger partial charge in [0.25, 0.3) is 0 Å². The van der Waals surface area contributed by atoms with E-state index in [0.29, 0.717) is 28.5 Å². The molecule has 0 bridgehead atoms. The molecular formula is C20H22FN3O4S. The van der Waals surface area contributed by atoms with Crippen LogP contribution >= 0.6 is 0 Å². The summed E-state index contributed by atoms with van der Waals surface area (Å²) in [6.07, 6.45) is 3.28. The fraction of sp³-hybridized carbons (Fsp3) is 0.250. The molecule has 0 fully saturated rings. The van der Waals surface area contributed by atoms with Crippen molar-refractivity contribution in [2.24, 2.45) is 7.05 Å². The van der Waals surface area contributed by atoms with Gasteiger partial charge in [-0.25, -0.2) is 17.8 Å². The number of hydrogen-bond acceptors (Lipinski definition) is 5. The second-order valence-electron chi connectivity index (χ2n) is 6.47. The Morgan fingerprint density at radius 3 is 2.28 bits per heavy atom. The number of nitrogens with one attached hydrogen (secondary N) is 1. The Hall–Kier alpha value is -2.91. The first-order valence-electron chi connectivity index (χ1n) is 8.74. The molecule has 0 aliphatic heterocycles. The second-order valence-corrected chi connectivity index (χ2v) is 8.16. The number of nitrogens with zero attached hydrogens (tertiary/aromatic N) is 2. The number of ether oxygens (including phenoxy) is 2. The number of methoxy groups -OCH3 is 2. The average Bonchev–Trinajstić information content (AvgIpc) is 3.12. The van der Waals surface area contributed by atoms with Gasteiger partial charge in [-0.05, 0) is 36.2 Å². The van der Waals surface area contributed by atoms with E-state index >= 15 is 0 Å². The third-order valence-corrected chi connectivity index (χ3v) is 6.13. The average molecular weight is 419 g/mol. The summed E-state index contributed by atoms with van der Waals surface area (Å²) in [7, 11) is 0.696. The zero-order chi connectivity index (χ0) is 21.2. The number of imidazole rings is 1. The van der Waals surface area contributed by atoms with Crippen LogP contribution in [0.2, 0.25) is 0 Å². The highest BCUT2D eigenvalue weighted by atomic mass is 32.2. The minimum atomic E-state index is -3.98. The summed E-state index contributed by atoms with van der Waals surface area (Å²) >= 11 is 0. The van der Waals surface area contributed by atoms with Gasteiger partial charge >= 0.3 is 0 Å². The maximum absolute atomic E-state index is 13.4. The molecule has 0 saturated carbocycles. The number of hydrogen-bond donors (Lipinski definition) is 1. The lowest BCUT2D eigenvalue weighted by atomic mass is 10.1. The lowest BCUT2D eigenvalue weighted by molar-refractivity contribution is 0.353. The van der Waals surface area contributed by atoms with E-state index in [4.69, 9.17) is 9.47 Å². The van der Waals surface area contributed by atoms with Crippen LogP contribution in [-0.2, 0) is 17.1 Å². The van der Waals surface area contributed by atoms with E-state index in [-0.39, 0.29) is 4.90 Å². The summed E-state index contributed by atoms with van der Waals surface area (Å²) in [5, 5.41) is 0. The zero-order valence-electron chi connectivity index (χ0n) is 16.5. The Bertz CT molecular complexity index is 1110. The second kappa shape index (κ2) is 8.22. The van der Waals surface area contributed by atoms with Crippen LogP contribution in [0.25, 0.3) is 0 Å². The van der Waals surface area contributed by atoms with Crippen molar-refractivity contribution in [3.63, 3.8) is 0 Å². The monoisotopic (exact) mass is 419 g/mol. The molecule has 1 atom stereocenters. The molecule has 154 valence electrons. The number of sulfonamides is 1. The Kier molecular flexibility index (Phi) is 5.90. The largest absolute Gasteiger partial charge is 0.493 e. The Labute approximate surface area is 169 Å². The van der Waals surface area contributed by atoms with E-state index in [1.54, 1.807) is 37.0 Å². The van der Waals surface area contributed by atoms with Gasteiger partial charge in [0.2, 0.25) is 10.0 Å². The maximum atomic E-state index is 13.4. The third-order valence-electron chi connectivity index (χ3n) is 4.56. The molecule has 1 unspecified atom stereocenters. The van der Waals surface area contributed by atoms with E-state index in [1.807, 2.05) is 0 Å². The highest BCUT2D eigenvalue weighted by Gasteiger charge is 2.28. The third kappa shape index (κ3) is 4.25. The molecule has 1 heterocycles. The molecule has 3 rings (SSSR count). The number of halogens is 1. The van der Waals surface area contributed by atoms with Crippen LogP contribution in [0.4, 0.5) is 4.39 Å². The Morgan fingerprint density at radius 2 is 1.72 bits per heavy atom. The van der Waals surface area contributed by atoms with E-state index in [9.17, 15) is 12.8 Å². The first-order valence-corrected chi connectivity index (χ1v) is 10.2. The number of aromatic nitrogens is 2. The van der Waals surface area contributed by atoms with Crippen molar-refractivity contribution in [3.05, 3.63) is 71.6 Å². The Balaban J connectivity index is 2.08. The van der Waals surface area contributed by atoms with Crippen LogP contribution in [-0.4, -0.2) is 32.2 Å². The fourth-order valence-corrected chi connectivity index (χ4v) is 4.47. The normalized spacial score (nSPS) is 12.6. The van der Waals surface area contributed by atoms with Gasteiger partial charge in [-0.15, -0.1) is 0 Å². The smallest absolute Gasteiger partial charge is 0.241 e. The van der Waals surface area contributed by atoms with E-state index in [0.717, 1.165) is 0 Å². The summed E-state index contributed by atoms with van der Waals surface area (Å²) in [6, 6.07) is 7.81. The fourth-order valence-electron chi connectivity index (χ4n) is 3.05. The molecule has 1 N–H and O–H groups in total. The van der Waals surface area contributed by atoms with Crippen LogP contribution in [0.5, 0.6) is 11.5 Å². The van der Waals surface area contributed by atoms with Gasteiger partial charge in [0.05, 0.1) is 19.1 Å². The van der Waals surface area contributed by atoms with Crippen LogP contribution in [0.3, 0.4) is 0 Å². The molecule has 0 aliphatic carbocycles. The topological polar surface area (TPSA) is 82.5 Å². The summed E-state index contributed by atoms with van der Waals surface area (Å²) in [4.78, 5) is 4.33. The van der Waals surface area contributed by atoms with Crippen LogP contribution in [0, 0.1) is 12.7 Å². The molecule has 0 aliphatic rings. The highest BCUT2D eigenvalue weighted by molar-refractivity contribution is 7.89. The number of rotatable bonds is 7. The molecule has 0 amide bonds. The molecule has 3 aromatic rings. The number of aryl methyl sites for hydroxylation is 2. The number of benzene rings is 2. The molecule has 7 nitrogen and oxygen atoms in total. The van der Waals surface area contributed by atoms with Crippen molar-refractivity contribution in [3.8, 4) is 11.5 Å². The summed E-state index contributed by atoms with van der Waals surface area (Å²) < 4.78 is 54.8. The van der Waals surface area contributed by atoms with Crippen molar-refractivity contribution in [1.29, 1.82) is 0 Å². The van der Waals surface area contributed by atoms with Gasteiger partial charge in [-0.3, -0.25) is 0 Å². The van der Waals surface area contributed by atoms with Gasteiger partial charge in [-0.2, -0.15) is 4.72 Å². The van der Waals surface area contributed by atoms with Crippen LogP contribution in [0.15, 0.2) is 53.7 Å².